The average Bonchev–Trinajstić information content (AvgIpc) is 2.81. The molecule has 7 nitrogen and oxygen atoms in total. The van der Waals surface area contributed by atoms with Crippen LogP contribution in [-0.2, 0) is 23.8 Å². The van der Waals surface area contributed by atoms with Gasteiger partial charge in [0.1, 0.15) is 0 Å². The van der Waals surface area contributed by atoms with Crippen LogP contribution in [0.2, 0.25) is 0 Å². The molecule has 0 aliphatic carbocycles. The Morgan fingerprint density at radius 2 is 1.26 bits per heavy atom. The van der Waals surface area contributed by atoms with Crippen molar-refractivity contribution < 1.29 is 34.0 Å². The maximum absolute atomic E-state index is 11.8. The Balaban J connectivity index is 4.80. The van der Waals surface area contributed by atoms with Crippen LogP contribution >= 0.6 is 0 Å². The van der Waals surface area contributed by atoms with Crippen molar-refractivity contribution in [3.8, 4) is 0 Å². The van der Waals surface area contributed by atoms with E-state index < -0.39 is 30.3 Å². The average molecular weight is 489 g/mol. The van der Waals surface area contributed by atoms with Crippen LogP contribution in [0.1, 0.15) is 123 Å². The molecule has 0 aromatic rings. The number of carbonyl (C=O) groups is 2. The summed E-state index contributed by atoms with van der Waals surface area (Å²) in [6.45, 7) is 4.33. The fourth-order valence-electron chi connectivity index (χ4n) is 4.25. The number of aliphatic hydroxyl groups excluding tert-OH is 1. The number of carboxylic acid groups (broad SMARTS) is 1. The van der Waals surface area contributed by atoms with Crippen LogP contribution < -0.4 is 0 Å². The van der Waals surface area contributed by atoms with Crippen LogP contribution in [0.4, 0.5) is 0 Å². The van der Waals surface area contributed by atoms with Gasteiger partial charge in [0.15, 0.2) is 6.29 Å². The summed E-state index contributed by atoms with van der Waals surface area (Å²) in [5.74, 6) is -2.22. The highest BCUT2D eigenvalue weighted by Gasteiger charge is 2.30. The van der Waals surface area contributed by atoms with Crippen LogP contribution in [0.3, 0.4) is 0 Å². The van der Waals surface area contributed by atoms with Crippen molar-refractivity contribution in [2.45, 2.75) is 141 Å². The smallest absolute Gasteiger partial charge is 0.310 e. The van der Waals surface area contributed by atoms with E-state index in [1.807, 2.05) is 0 Å². The summed E-state index contributed by atoms with van der Waals surface area (Å²) in [6.07, 6.45) is 13.9. The molecular formula is C27H52O7. The molecule has 0 aliphatic heterocycles. The number of aliphatic hydroxyl groups is 1. The van der Waals surface area contributed by atoms with E-state index in [4.69, 9.17) is 14.2 Å². The lowest BCUT2D eigenvalue weighted by Gasteiger charge is -2.27. The van der Waals surface area contributed by atoms with Crippen LogP contribution in [0, 0.1) is 5.92 Å². The largest absolute Gasteiger partial charge is 0.481 e. The number of rotatable bonds is 24. The van der Waals surface area contributed by atoms with E-state index in [-0.39, 0.29) is 18.9 Å². The highest BCUT2D eigenvalue weighted by Crippen LogP contribution is 2.24. The molecule has 0 aromatic heterocycles. The second-order valence-corrected chi connectivity index (χ2v) is 9.42. The second kappa shape index (κ2) is 22.3. The minimum absolute atomic E-state index is 0.0449. The van der Waals surface area contributed by atoms with Crippen molar-refractivity contribution in [2.75, 3.05) is 14.2 Å². The fourth-order valence-corrected chi connectivity index (χ4v) is 4.25. The number of esters is 1. The third kappa shape index (κ3) is 17.3. The number of aliphatic carboxylic acids is 1. The molecule has 0 heterocycles. The third-order valence-corrected chi connectivity index (χ3v) is 6.45. The van der Waals surface area contributed by atoms with Gasteiger partial charge in [0.25, 0.3) is 0 Å². The summed E-state index contributed by atoms with van der Waals surface area (Å²) in [7, 11) is 2.78. The summed E-state index contributed by atoms with van der Waals surface area (Å²) in [5, 5.41) is 20.4. The molecule has 2 N–H and O–H groups in total. The van der Waals surface area contributed by atoms with E-state index >= 15 is 0 Å². The Morgan fingerprint density at radius 3 is 1.76 bits per heavy atom. The van der Waals surface area contributed by atoms with E-state index in [9.17, 15) is 19.8 Å². The fraction of sp³-hybridized carbons (Fsp3) is 0.926. The Hall–Kier alpha value is -1.18. The third-order valence-electron chi connectivity index (χ3n) is 6.45. The number of carboxylic acids is 1. The number of carbonyl (C=O) groups excluding carboxylic acids is 1. The monoisotopic (exact) mass is 488 g/mol. The number of unbranched alkanes of at least 4 members (excludes halogenated alkanes) is 11. The van der Waals surface area contributed by atoms with Gasteiger partial charge in [-0.1, -0.05) is 97.3 Å². The topological polar surface area (TPSA) is 102 Å². The molecule has 0 aliphatic rings. The lowest BCUT2D eigenvalue weighted by molar-refractivity contribution is -0.182. The lowest BCUT2D eigenvalue weighted by Crippen LogP contribution is -2.35. The van der Waals surface area contributed by atoms with Crippen LogP contribution in [-0.4, -0.2) is 54.9 Å². The second-order valence-electron chi connectivity index (χ2n) is 9.42. The minimum atomic E-state index is -1.00. The molecule has 0 rings (SSSR count). The Morgan fingerprint density at radius 1 is 0.765 bits per heavy atom. The van der Waals surface area contributed by atoms with Crippen LogP contribution in [0.5, 0.6) is 0 Å². The molecule has 0 bridgehead atoms. The molecule has 0 unspecified atom stereocenters. The summed E-state index contributed by atoms with van der Waals surface area (Å²) in [5.41, 5.74) is 0. The first-order chi connectivity index (χ1) is 16.4. The molecule has 0 saturated heterocycles. The van der Waals surface area contributed by atoms with Crippen molar-refractivity contribution in [2.24, 2.45) is 5.92 Å². The quantitative estimate of drug-likeness (QED) is 0.0940. The number of hydrogen-bond acceptors (Lipinski definition) is 6. The van der Waals surface area contributed by atoms with Gasteiger partial charge in [-0.3, -0.25) is 9.59 Å². The van der Waals surface area contributed by atoms with Gasteiger partial charge in [0.05, 0.1) is 31.7 Å². The van der Waals surface area contributed by atoms with Gasteiger partial charge in [-0.2, -0.15) is 0 Å². The van der Waals surface area contributed by atoms with Gasteiger partial charge in [-0.25, -0.2) is 0 Å². The van der Waals surface area contributed by atoms with Gasteiger partial charge in [-0.05, 0) is 12.8 Å². The normalized spacial score (nSPS) is 15.0. The van der Waals surface area contributed by atoms with Gasteiger partial charge in [-0.15, -0.1) is 0 Å². The summed E-state index contributed by atoms with van der Waals surface area (Å²) >= 11 is 0. The molecule has 0 spiro atoms. The first kappa shape index (κ1) is 32.8. The van der Waals surface area contributed by atoms with Crippen molar-refractivity contribution in [3.63, 3.8) is 0 Å². The first-order valence-electron chi connectivity index (χ1n) is 13.5. The molecule has 4 atom stereocenters. The maximum Gasteiger partial charge on any atom is 0.310 e. The van der Waals surface area contributed by atoms with Gasteiger partial charge < -0.3 is 24.4 Å². The standard InChI is InChI=1S/C27H52O7/c1-5-7-9-11-12-13-14-15-16-18-22(34-26(33-4)21-25(29)32-3)20-24(28)23(27(30)31)19-17-10-8-6-2/h22-24,26,28H,5-21H2,1-4H3,(H,30,31)/t22-,23-,24-,26-/m0/s1. The Bertz CT molecular complexity index is 497. The predicted octanol–water partition coefficient (Wildman–Crippen LogP) is 6.25. The Kier molecular flexibility index (Phi) is 21.5. The molecule has 0 amide bonds. The van der Waals surface area contributed by atoms with Gasteiger partial charge in [0.2, 0.25) is 0 Å². The van der Waals surface area contributed by atoms with Crippen molar-refractivity contribution in [1.82, 2.24) is 0 Å². The van der Waals surface area contributed by atoms with E-state index in [0.717, 1.165) is 44.9 Å². The summed E-state index contributed by atoms with van der Waals surface area (Å²) in [4.78, 5) is 23.5. The zero-order chi connectivity index (χ0) is 25.6. The molecule has 0 aromatic carbocycles. The predicted molar refractivity (Wildman–Crippen MR) is 135 cm³/mol. The number of ether oxygens (including phenoxy) is 3. The van der Waals surface area contributed by atoms with Gasteiger partial charge >= 0.3 is 11.9 Å². The van der Waals surface area contributed by atoms with E-state index in [2.05, 4.69) is 13.8 Å². The lowest BCUT2D eigenvalue weighted by atomic mass is 9.90. The Labute approximate surface area is 207 Å². The molecular weight excluding hydrogens is 436 g/mol. The van der Waals surface area contributed by atoms with Crippen LogP contribution in [0.15, 0.2) is 0 Å². The first-order valence-corrected chi connectivity index (χ1v) is 13.5. The molecule has 7 heteroatoms. The molecule has 0 saturated carbocycles. The summed E-state index contributed by atoms with van der Waals surface area (Å²) in [6, 6.07) is 0. The highest BCUT2D eigenvalue weighted by atomic mass is 16.7. The van der Waals surface area contributed by atoms with Crippen molar-refractivity contribution in [1.29, 1.82) is 0 Å². The number of hydrogen-bond donors (Lipinski definition) is 2. The SMILES string of the molecule is CCCCCCCCCCC[C@@H](C[C@H](O)[C@H](CCCCCC)C(=O)O)O[C@@H](CC(=O)OC)OC. The molecule has 34 heavy (non-hydrogen) atoms. The molecule has 202 valence electrons. The van der Waals surface area contributed by atoms with Crippen molar-refractivity contribution >= 4 is 11.9 Å². The zero-order valence-corrected chi connectivity index (χ0v) is 22.3. The maximum atomic E-state index is 11.8. The van der Waals surface area contributed by atoms with Gasteiger partial charge in [0, 0.05) is 13.5 Å². The zero-order valence-electron chi connectivity index (χ0n) is 22.3. The molecule has 0 fully saturated rings. The minimum Gasteiger partial charge on any atom is -0.481 e. The van der Waals surface area contributed by atoms with Crippen molar-refractivity contribution in [3.05, 3.63) is 0 Å². The highest BCUT2D eigenvalue weighted by molar-refractivity contribution is 5.70. The van der Waals surface area contributed by atoms with E-state index in [1.165, 1.54) is 52.7 Å². The van der Waals surface area contributed by atoms with E-state index in [0.29, 0.717) is 12.8 Å². The summed E-state index contributed by atoms with van der Waals surface area (Å²) < 4.78 is 16.0. The van der Waals surface area contributed by atoms with E-state index in [1.54, 1.807) is 0 Å². The number of methoxy groups -OCH3 is 2. The van der Waals surface area contributed by atoms with Crippen LogP contribution in [0.25, 0.3) is 0 Å². The molecule has 0 radical (unpaired) electrons.